The lowest BCUT2D eigenvalue weighted by Gasteiger charge is -2.12. The molecule has 0 fully saturated rings. The van der Waals surface area contributed by atoms with E-state index in [4.69, 9.17) is 4.74 Å². The molecule has 0 aromatic heterocycles. The summed E-state index contributed by atoms with van der Waals surface area (Å²) in [5.74, 6) is 0.747. The predicted octanol–water partition coefficient (Wildman–Crippen LogP) is 5.04. The Morgan fingerprint density at radius 1 is 0.929 bits per heavy atom. The summed E-state index contributed by atoms with van der Waals surface area (Å²) in [6.45, 7) is 4.91. The van der Waals surface area contributed by atoms with Crippen LogP contribution >= 0.6 is 0 Å². The quantitative estimate of drug-likeness (QED) is 0.359. The average Bonchev–Trinajstić information content (AvgIpc) is 2.73. The van der Waals surface area contributed by atoms with Gasteiger partial charge in [0.1, 0.15) is 12.4 Å². The van der Waals surface area contributed by atoms with E-state index >= 15 is 0 Å². The third-order valence-corrected chi connectivity index (χ3v) is 4.43. The Morgan fingerprint density at radius 2 is 1.61 bits per heavy atom. The first-order valence-corrected chi connectivity index (χ1v) is 9.44. The molecule has 1 amide bonds. The number of rotatable bonds is 7. The predicted molar refractivity (Wildman–Crippen MR) is 115 cm³/mol. The van der Waals surface area contributed by atoms with Crippen LogP contribution in [-0.4, -0.2) is 19.1 Å². The lowest BCUT2D eigenvalue weighted by atomic mass is 10.0. The van der Waals surface area contributed by atoms with Gasteiger partial charge in [-0.25, -0.2) is 0 Å². The van der Waals surface area contributed by atoms with Crippen molar-refractivity contribution in [2.75, 3.05) is 13.2 Å². The van der Waals surface area contributed by atoms with Crippen molar-refractivity contribution in [3.63, 3.8) is 0 Å². The molecule has 0 aliphatic heterocycles. The van der Waals surface area contributed by atoms with Crippen LogP contribution in [0.3, 0.4) is 0 Å². The van der Waals surface area contributed by atoms with E-state index in [0.29, 0.717) is 18.7 Å². The molecular weight excluding hydrogens is 346 g/mol. The van der Waals surface area contributed by atoms with Crippen LogP contribution in [0.1, 0.15) is 22.3 Å². The second-order valence-corrected chi connectivity index (χ2v) is 6.71. The first-order valence-electron chi connectivity index (χ1n) is 9.44. The van der Waals surface area contributed by atoms with E-state index in [1.807, 2.05) is 92.7 Å². The minimum absolute atomic E-state index is 0.111. The molecule has 3 aromatic carbocycles. The monoisotopic (exact) mass is 371 g/mol. The molecule has 28 heavy (non-hydrogen) atoms. The summed E-state index contributed by atoms with van der Waals surface area (Å²) >= 11 is 0. The van der Waals surface area contributed by atoms with Crippen molar-refractivity contribution >= 4 is 17.6 Å². The van der Waals surface area contributed by atoms with E-state index in [-0.39, 0.29) is 5.91 Å². The highest BCUT2D eigenvalue weighted by atomic mass is 16.5. The standard InChI is InChI=1S/C25H25NO2/c1-19-13-14-20(2)24(17-19)28-16-15-26-25(27)23(22-11-7-4-8-12-22)18-21-9-5-3-6-10-21/h3-14,17-18H,15-16H2,1-2H3,(H,26,27)/b23-18+. The molecule has 0 unspecified atom stereocenters. The lowest BCUT2D eigenvalue weighted by molar-refractivity contribution is -0.115. The van der Waals surface area contributed by atoms with E-state index < -0.39 is 0 Å². The number of hydrogen-bond donors (Lipinski definition) is 1. The van der Waals surface area contributed by atoms with Crippen LogP contribution in [0.4, 0.5) is 0 Å². The van der Waals surface area contributed by atoms with E-state index in [0.717, 1.165) is 28.0 Å². The van der Waals surface area contributed by atoms with Crippen LogP contribution in [0.2, 0.25) is 0 Å². The van der Waals surface area contributed by atoms with E-state index in [1.165, 1.54) is 0 Å². The van der Waals surface area contributed by atoms with Gasteiger partial charge in [-0.1, -0.05) is 72.8 Å². The molecule has 3 heteroatoms. The molecule has 0 radical (unpaired) electrons. The molecule has 0 aliphatic rings. The number of ether oxygens (including phenoxy) is 1. The Morgan fingerprint density at radius 3 is 2.32 bits per heavy atom. The Kier molecular flexibility index (Phi) is 6.64. The highest BCUT2D eigenvalue weighted by molar-refractivity contribution is 6.24. The Balaban J connectivity index is 1.67. The maximum atomic E-state index is 12.8. The summed E-state index contributed by atoms with van der Waals surface area (Å²) in [6, 6.07) is 25.7. The molecule has 0 atom stereocenters. The highest BCUT2D eigenvalue weighted by Gasteiger charge is 2.11. The molecule has 142 valence electrons. The summed E-state index contributed by atoms with van der Waals surface area (Å²) < 4.78 is 5.84. The smallest absolute Gasteiger partial charge is 0.252 e. The third kappa shape index (κ3) is 5.34. The van der Waals surface area contributed by atoms with Crippen molar-refractivity contribution < 1.29 is 9.53 Å². The first kappa shape index (κ1) is 19.4. The zero-order valence-electron chi connectivity index (χ0n) is 16.3. The minimum atomic E-state index is -0.111. The van der Waals surface area contributed by atoms with Crippen LogP contribution in [0.5, 0.6) is 5.75 Å². The molecule has 0 spiro atoms. The van der Waals surface area contributed by atoms with Crippen molar-refractivity contribution in [2.24, 2.45) is 0 Å². The van der Waals surface area contributed by atoms with Crippen LogP contribution in [0, 0.1) is 13.8 Å². The lowest BCUT2D eigenvalue weighted by Crippen LogP contribution is -2.28. The number of hydrogen-bond acceptors (Lipinski definition) is 2. The van der Waals surface area contributed by atoms with Crippen LogP contribution in [0.25, 0.3) is 11.6 Å². The van der Waals surface area contributed by atoms with Crippen molar-refractivity contribution in [1.82, 2.24) is 5.32 Å². The van der Waals surface area contributed by atoms with Gasteiger partial charge in [0.05, 0.1) is 6.54 Å². The molecule has 0 saturated heterocycles. The van der Waals surface area contributed by atoms with Crippen LogP contribution in [-0.2, 0) is 4.79 Å². The number of carbonyl (C=O) groups excluding carboxylic acids is 1. The summed E-state index contributed by atoms with van der Waals surface area (Å²) in [6.07, 6.45) is 1.91. The molecule has 0 saturated carbocycles. The normalized spacial score (nSPS) is 11.1. The molecule has 0 aliphatic carbocycles. The molecule has 0 bridgehead atoms. The zero-order chi connectivity index (χ0) is 19.8. The Labute approximate surface area is 166 Å². The van der Waals surface area contributed by atoms with Gasteiger partial charge in [-0.15, -0.1) is 0 Å². The molecule has 3 nitrogen and oxygen atoms in total. The highest BCUT2D eigenvalue weighted by Crippen LogP contribution is 2.20. The summed E-state index contributed by atoms with van der Waals surface area (Å²) in [4.78, 5) is 12.8. The van der Waals surface area contributed by atoms with Crippen molar-refractivity contribution in [2.45, 2.75) is 13.8 Å². The Hall–Kier alpha value is -3.33. The summed E-state index contributed by atoms with van der Waals surface area (Å²) in [7, 11) is 0. The Bertz CT molecular complexity index is 947. The number of amides is 1. The molecule has 1 N–H and O–H groups in total. The van der Waals surface area contributed by atoms with Gasteiger partial charge in [-0.2, -0.15) is 0 Å². The number of nitrogens with one attached hydrogen (secondary N) is 1. The first-order chi connectivity index (χ1) is 13.6. The fraction of sp³-hybridized carbons (Fsp3) is 0.160. The molecule has 3 rings (SSSR count). The SMILES string of the molecule is Cc1ccc(C)c(OCCNC(=O)/C(=C/c2ccccc2)c2ccccc2)c1. The van der Waals surface area contributed by atoms with Gasteiger partial charge < -0.3 is 10.1 Å². The fourth-order valence-corrected chi connectivity index (χ4v) is 2.90. The molecular formula is C25H25NO2. The second-order valence-electron chi connectivity index (χ2n) is 6.71. The van der Waals surface area contributed by atoms with E-state index in [9.17, 15) is 4.79 Å². The molecule has 3 aromatic rings. The topological polar surface area (TPSA) is 38.3 Å². The van der Waals surface area contributed by atoms with Gasteiger partial charge in [0, 0.05) is 5.57 Å². The van der Waals surface area contributed by atoms with Crippen LogP contribution in [0.15, 0.2) is 78.9 Å². The fourth-order valence-electron chi connectivity index (χ4n) is 2.90. The minimum Gasteiger partial charge on any atom is -0.491 e. The average molecular weight is 371 g/mol. The van der Waals surface area contributed by atoms with Gasteiger partial charge in [0.2, 0.25) is 0 Å². The summed E-state index contributed by atoms with van der Waals surface area (Å²) in [5.41, 5.74) is 4.76. The number of benzene rings is 3. The van der Waals surface area contributed by atoms with Crippen molar-refractivity contribution in [3.8, 4) is 5.75 Å². The van der Waals surface area contributed by atoms with Gasteiger partial charge in [-0.05, 0) is 48.2 Å². The largest absolute Gasteiger partial charge is 0.491 e. The van der Waals surface area contributed by atoms with E-state index in [1.54, 1.807) is 0 Å². The second kappa shape index (κ2) is 9.56. The van der Waals surface area contributed by atoms with Gasteiger partial charge >= 0.3 is 0 Å². The van der Waals surface area contributed by atoms with Gasteiger partial charge in [0.15, 0.2) is 0 Å². The zero-order valence-corrected chi connectivity index (χ0v) is 16.3. The molecule has 0 heterocycles. The van der Waals surface area contributed by atoms with Crippen molar-refractivity contribution in [3.05, 3.63) is 101 Å². The maximum Gasteiger partial charge on any atom is 0.252 e. The third-order valence-electron chi connectivity index (χ3n) is 4.43. The van der Waals surface area contributed by atoms with Crippen molar-refractivity contribution in [1.29, 1.82) is 0 Å². The summed E-state index contributed by atoms with van der Waals surface area (Å²) in [5, 5.41) is 2.97. The maximum absolute atomic E-state index is 12.8. The number of aryl methyl sites for hydroxylation is 2. The van der Waals surface area contributed by atoms with Crippen LogP contribution < -0.4 is 10.1 Å². The number of carbonyl (C=O) groups is 1. The van der Waals surface area contributed by atoms with Gasteiger partial charge in [0.25, 0.3) is 5.91 Å². The van der Waals surface area contributed by atoms with E-state index in [2.05, 4.69) is 11.4 Å². The van der Waals surface area contributed by atoms with Gasteiger partial charge in [-0.3, -0.25) is 4.79 Å².